The minimum atomic E-state index is 0.894. The number of aryl methyl sites for hydroxylation is 1. The lowest BCUT2D eigenvalue weighted by Gasteiger charge is -2.15. The molecule has 1 aliphatic heterocycles. The molecule has 1 heterocycles. The highest BCUT2D eigenvalue weighted by atomic mass is 15.3. The quantitative estimate of drug-likeness (QED) is 0.728. The van der Waals surface area contributed by atoms with Crippen LogP contribution in [0.25, 0.3) is 0 Å². The molecule has 0 saturated carbocycles. The summed E-state index contributed by atoms with van der Waals surface area (Å²) in [4.78, 5) is 6.50. The van der Waals surface area contributed by atoms with Crippen LogP contribution in [-0.4, -0.2) is 31.0 Å². The maximum Gasteiger partial charge on any atom is 0.198 e. The number of nitrogens with one attached hydrogen (secondary N) is 1. The van der Waals surface area contributed by atoms with Gasteiger partial charge in [-0.05, 0) is 24.6 Å². The first-order valence-corrected chi connectivity index (χ1v) is 4.85. The Bertz CT molecular complexity index is 357. The van der Waals surface area contributed by atoms with Crippen molar-refractivity contribution in [2.24, 2.45) is 4.99 Å². The van der Waals surface area contributed by atoms with Gasteiger partial charge in [-0.1, -0.05) is 12.1 Å². The highest BCUT2D eigenvalue weighted by molar-refractivity contribution is 5.94. The molecular weight excluding hydrogens is 174 g/mol. The van der Waals surface area contributed by atoms with Gasteiger partial charge in [0, 0.05) is 19.3 Å². The molecular formula is C11H15N3. The van der Waals surface area contributed by atoms with E-state index in [9.17, 15) is 0 Å². The van der Waals surface area contributed by atoms with Gasteiger partial charge in [0.1, 0.15) is 0 Å². The number of likely N-dealkylation sites (N-methyl/N-ethyl adjacent to an activating group) is 1. The minimum Gasteiger partial charge on any atom is -0.344 e. The Morgan fingerprint density at radius 1 is 1.43 bits per heavy atom. The third-order valence-corrected chi connectivity index (χ3v) is 2.33. The van der Waals surface area contributed by atoms with E-state index < -0.39 is 0 Å². The van der Waals surface area contributed by atoms with Gasteiger partial charge in [-0.2, -0.15) is 0 Å². The van der Waals surface area contributed by atoms with Crippen LogP contribution >= 0.6 is 0 Å². The Balaban J connectivity index is 2.11. The van der Waals surface area contributed by atoms with Crippen molar-refractivity contribution in [3.05, 3.63) is 29.8 Å². The van der Waals surface area contributed by atoms with Gasteiger partial charge in [-0.3, -0.25) is 4.99 Å². The summed E-state index contributed by atoms with van der Waals surface area (Å²) in [5.41, 5.74) is 2.37. The summed E-state index contributed by atoms with van der Waals surface area (Å²) in [7, 11) is 2.05. The van der Waals surface area contributed by atoms with Gasteiger partial charge in [-0.25, -0.2) is 0 Å². The average molecular weight is 189 g/mol. The van der Waals surface area contributed by atoms with Gasteiger partial charge in [0.05, 0.1) is 6.54 Å². The van der Waals surface area contributed by atoms with E-state index in [-0.39, 0.29) is 0 Å². The number of hydrogen-bond donors (Lipinski definition) is 1. The second-order valence-electron chi connectivity index (χ2n) is 3.62. The van der Waals surface area contributed by atoms with Crippen LogP contribution in [0.5, 0.6) is 0 Å². The van der Waals surface area contributed by atoms with Crippen LogP contribution in [-0.2, 0) is 0 Å². The number of hydrogen-bond acceptors (Lipinski definition) is 3. The summed E-state index contributed by atoms with van der Waals surface area (Å²) < 4.78 is 0. The molecule has 0 radical (unpaired) electrons. The van der Waals surface area contributed by atoms with Crippen LogP contribution < -0.4 is 5.32 Å². The first-order chi connectivity index (χ1) is 6.75. The average Bonchev–Trinajstić information content (AvgIpc) is 2.52. The van der Waals surface area contributed by atoms with Crippen LogP contribution in [0.1, 0.15) is 5.56 Å². The van der Waals surface area contributed by atoms with Crippen molar-refractivity contribution in [1.82, 2.24) is 4.90 Å². The van der Waals surface area contributed by atoms with E-state index in [1.807, 2.05) is 6.07 Å². The summed E-state index contributed by atoms with van der Waals surface area (Å²) in [5, 5.41) is 3.31. The Morgan fingerprint density at radius 3 is 2.93 bits per heavy atom. The normalized spacial score (nSPS) is 15.6. The molecule has 3 nitrogen and oxygen atoms in total. The SMILES string of the molecule is Cc1cccc(NC2=NCCN2C)c1. The summed E-state index contributed by atoms with van der Waals surface area (Å²) in [5.74, 6) is 0.968. The second kappa shape index (κ2) is 3.70. The van der Waals surface area contributed by atoms with Gasteiger partial charge < -0.3 is 10.2 Å². The Labute approximate surface area is 84.5 Å². The van der Waals surface area contributed by atoms with Crippen LogP contribution in [0.4, 0.5) is 5.69 Å². The lowest BCUT2D eigenvalue weighted by Crippen LogP contribution is -2.29. The molecule has 0 unspecified atom stereocenters. The Morgan fingerprint density at radius 2 is 2.29 bits per heavy atom. The predicted octanol–water partition coefficient (Wildman–Crippen LogP) is 1.71. The van der Waals surface area contributed by atoms with Crippen molar-refractivity contribution in [1.29, 1.82) is 0 Å². The summed E-state index contributed by atoms with van der Waals surface area (Å²) in [6, 6.07) is 8.31. The molecule has 1 aromatic carbocycles. The van der Waals surface area contributed by atoms with E-state index in [1.54, 1.807) is 0 Å². The Kier molecular flexibility index (Phi) is 2.39. The van der Waals surface area contributed by atoms with Gasteiger partial charge >= 0.3 is 0 Å². The highest BCUT2D eigenvalue weighted by Crippen LogP contribution is 2.11. The maximum atomic E-state index is 4.37. The molecule has 0 amide bonds. The van der Waals surface area contributed by atoms with Gasteiger partial charge in [0.2, 0.25) is 0 Å². The maximum absolute atomic E-state index is 4.37. The van der Waals surface area contributed by atoms with Gasteiger partial charge in [0.25, 0.3) is 0 Å². The van der Waals surface area contributed by atoms with Crippen LogP contribution in [0.15, 0.2) is 29.3 Å². The fourth-order valence-electron chi connectivity index (χ4n) is 1.52. The van der Waals surface area contributed by atoms with E-state index in [1.165, 1.54) is 5.56 Å². The second-order valence-corrected chi connectivity index (χ2v) is 3.62. The number of aliphatic imine (C=N–C) groups is 1. The summed E-state index contributed by atoms with van der Waals surface area (Å²) in [6.07, 6.45) is 0. The first-order valence-electron chi connectivity index (χ1n) is 4.85. The van der Waals surface area contributed by atoms with E-state index in [4.69, 9.17) is 0 Å². The first kappa shape index (κ1) is 9.06. The molecule has 0 aliphatic carbocycles. The van der Waals surface area contributed by atoms with Crippen LogP contribution in [0.2, 0.25) is 0 Å². The zero-order valence-corrected chi connectivity index (χ0v) is 8.62. The van der Waals surface area contributed by atoms with Crippen molar-refractivity contribution in [2.75, 3.05) is 25.5 Å². The van der Waals surface area contributed by atoms with Crippen LogP contribution in [0.3, 0.4) is 0 Å². The number of guanidine groups is 1. The molecule has 1 N–H and O–H groups in total. The largest absolute Gasteiger partial charge is 0.344 e. The lowest BCUT2D eigenvalue weighted by molar-refractivity contribution is 0.555. The molecule has 0 spiro atoms. The topological polar surface area (TPSA) is 27.6 Å². The standard InChI is InChI=1S/C11H15N3/c1-9-4-3-5-10(8-9)13-11-12-6-7-14(11)2/h3-5,8H,6-7H2,1-2H3,(H,12,13). The van der Waals surface area contributed by atoms with Crippen LogP contribution in [0, 0.1) is 6.92 Å². The molecule has 0 bridgehead atoms. The van der Waals surface area contributed by atoms with Crippen molar-refractivity contribution in [3.8, 4) is 0 Å². The molecule has 0 atom stereocenters. The van der Waals surface area contributed by atoms with Crippen molar-refractivity contribution in [3.63, 3.8) is 0 Å². The molecule has 74 valence electrons. The molecule has 0 fully saturated rings. The predicted molar refractivity (Wildman–Crippen MR) is 59.7 cm³/mol. The van der Waals surface area contributed by atoms with Crippen molar-refractivity contribution >= 4 is 11.6 Å². The molecule has 3 heteroatoms. The zero-order valence-electron chi connectivity index (χ0n) is 8.62. The summed E-state index contributed by atoms with van der Waals surface area (Å²) in [6.45, 7) is 3.99. The molecule has 2 rings (SSSR count). The molecule has 0 aromatic heterocycles. The molecule has 1 aromatic rings. The van der Waals surface area contributed by atoms with Gasteiger partial charge in [0.15, 0.2) is 5.96 Å². The molecule has 0 saturated heterocycles. The van der Waals surface area contributed by atoms with E-state index >= 15 is 0 Å². The van der Waals surface area contributed by atoms with Crippen molar-refractivity contribution < 1.29 is 0 Å². The Hall–Kier alpha value is -1.51. The van der Waals surface area contributed by atoms with E-state index in [0.717, 1.165) is 24.7 Å². The number of rotatable bonds is 1. The third-order valence-electron chi connectivity index (χ3n) is 2.33. The fourth-order valence-corrected chi connectivity index (χ4v) is 1.52. The minimum absolute atomic E-state index is 0.894. The van der Waals surface area contributed by atoms with Gasteiger partial charge in [-0.15, -0.1) is 0 Å². The fraction of sp³-hybridized carbons (Fsp3) is 0.364. The highest BCUT2D eigenvalue weighted by Gasteiger charge is 2.11. The number of benzene rings is 1. The van der Waals surface area contributed by atoms with E-state index in [2.05, 4.69) is 47.4 Å². The number of nitrogens with zero attached hydrogens (tertiary/aromatic N) is 2. The summed E-state index contributed by atoms with van der Waals surface area (Å²) >= 11 is 0. The third kappa shape index (κ3) is 1.87. The van der Waals surface area contributed by atoms with Crippen molar-refractivity contribution in [2.45, 2.75) is 6.92 Å². The molecule has 1 aliphatic rings. The molecule has 14 heavy (non-hydrogen) atoms. The smallest absolute Gasteiger partial charge is 0.198 e. The number of anilines is 1. The lowest BCUT2D eigenvalue weighted by atomic mass is 10.2. The van der Waals surface area contributed by atoms with E-state index in [0.29, 0.717) is 0 Å². The monoisotopic (exact) mass is 189 g/mol. The zero-order chi connectivity index (χ0) is 9.97.